The molecule has 0 saturated carbocycles. The lowest BCUT2D eigenvalue weighted by atomic mass is 10.1. The summed E-state index contributed by atoms with van der Waals surface area (Å²) in [5, 5.41) is 2.70. The predicted molar refractivity (Wildman–Crippen MR) is 124 cm³/mol. The molecule has 0 radical (unpaired) electrons. The van der Waals surface area contributed by atoms with Crippen LogP contribution in [-0.2, 0) is 0 Å². The van der Waals surface area contributed by atoms with Crippen LogP contribution in [0.25, 0.3) is 0 Å². The number of nitrogens with zero attached hydrogens (tertiary/aromatic N) is 1. The van der Waals surface area contributed by atoms with E-state index in [0.717, 1.165) is 28.6 Å². The number of hydrogen-bond donors (Lipinski definition) is 0. The van der Waals surface area contributed by atoms with Crippen molar-refractivity contribution in [1.82, 2.24) is 0 Å². The lowest BCUT2D eigenvalue weighted by Crippen LogP contribution is -2.56. The van der Waals surface area contributed by atoms with Crippen molar-refractivity contribution in [3.8, 4) is 11.5 Å². The Labute approximate surface area is 173 Å². The molecule has 0 bridgehead atoms. The minimum atomic E-state index is -1.86. The van der Waals surface area contributed by atoms with Crippen LogP contribution in [0.15, 0.2) is 103 Å². The fraction of sp³-hybridized carbons (Fsp3) is 0.0769. The topological polar surface area (TPSA) is 12.5 Å². The Kier molecular flexibility index (Phi) is 4.25. The van der Waals surface area contributed by atoms with Crippen molar-refractivity contribution in [3.63, 3.8) is 0 Å². The molecular formula is C26H23NOSi. The third-order valence-electron chi connectivity index (χ3n) is 5.71. The minimum absolute atomic E-state index is 0.982. The van der Waals surface area contributed by atoms with Gasteiger partial charge in [-0.1, -0.05) is 79.8 Å². The summed E-state index contributed by atoms with van der Waals surface area (Å²) >= 11 is 0. The molecule has 0 aromatic heterocycles. The molecule has 0 spiro atoms. The van der Waals surface area contributed by atoms with Gasteiger partial charge in [0.2, 0.25) is 0 Å². The van der Waals surface area contributed by atoms with Gasteiger partial charge < -0.3 is 9.64 Å². The van der Waals surface area contributed by atoms with E-state index in [1.54, 1.807) is 0 Å². The van der Waals surface area contributed by atoms with Gasteiger partial charge in [-0.25, -0.2) is 0 Å². The maximum Gasteiger partial charge on any atom is 0.151 e. The molecule has 0 N–H and O–H groups in total. The lowest BCUT2D eigenvalue weighted by molar-refractivity contribution is 0.488. The van der Waals surface area contributed by atoms with Crippen LogP contribution in [0.4, 0.5) is 17.1 Å². The van der Waals surface area contributed by atoms with Gasteiger partial charge in [-0.3, -0.25) is 0 Å². The summed E-state index contributed by atoms with van der Waals surface area (Å²) in [6.45, 7) is 4.82. The highest BCUT2D eigenvalue weighted by molar-refractivity contribution is 7.01. The van der Waals surface area contributed by atoms with Gasteiger partial charge in [0, 0.05) is 11.4 Å². The van der Waals surface area contributed by atoms with Gasteiger partial charge in [0.05, 0.1) is 5.69 Å². The van der Waals surface area contributed by atoms with Crippen molar-refractivity contribution in [2.75, 3.05) is 4.90 Å². The van der Waals surface area contributed by atoms with E-state index in [1.165, 1.54) is 10.4 Å². The molecule has 0 unspecified atom stereocenters. The van der Waals surface area contributed by atoms with Gasteiger partial charge >= 0.3 is 0 Å². The molecule has 1 heterocycles. The second-order valence-electron chi connectivity index (χ2n) is 7.88. The zero-order valence-corrected chi connectivity index (χ0v) is 17.7. The first-order chi connectivity index (χ1) is 14.2. The summed E-state index contributed by atoms with van der Waals surface area (Å²) in [5.41, 5.74) is 3.32. The molecular weight excluding hydrogens is 370 g/mol. The summed E-state index contributed by atoms with van der Waals surface area (Å²) < 4.78 is 6.56. The molecule has 1 aliphatic heterocycles. The maximum atomic E-state index is 6.56. The van der Waals surface area contributed by atoms with Crippen LogP contribution in [0.2, 0.25) is 13.1 Å². The van der Waals surface area contributed by atoms with Crippen molar-refractivity contribution in [2.45, 2.75) is 13.1 Å². The number of rotatable bonds is 3. The van der Waals surface area contributed by atoms with Crippen molar-refractivity contribution < 1.29 is 4.74 Å². The predicted octanol–water partition coefficient (Wildman–Crippen LogP) is 6.08. The highest BCUT2D eigenvalue weighted by atomic mass is 28.3. The summed E-state index contributed by atoms with van der Waals surface area (Å²) in [5.74, 6) is 1.97. The quantitative estimate of drug-likeness (QED) is 0.391. The Morgan fingerprint density at radius 3 is 1.79 bits per heavy atom. The molecule has 3 heteroatoms. The minimum Gasteiger partial charge on any atom is -0.455 e. The highest BCUT2D eigenvalue weighted by Crippen LogP contribution is 2.42. The first kappa shape index (κ1) is 17.8. The fourth-order valence-corrected chi connectivity index (χ4v) is 7.02. The van der Waals surface area contributed by atoms with E-state index in [0.29, 0.717) is 0 Å². The molecule has 2 nitrogen and oxygen atoms in total. The van der Waals surface area contributed by atoms with Crippen molar-refractivity contribution >= 4 is 35.5 Å². The number of hydrogen-bond acceptors (Lipinski definition) is 2. The van der Waals surface area contributed by atoms with Gasteiger partial charge in [-0.2, -0.15) is 0 Å². The van der Waals surface area contributed by atoms with E-state index in [4.69, 9.17) is 4.74 Å². The molecule has 4 aromatic carbocycles. The standard InChI is InChI=1S/C26H23NOSi/c1-29(2)24-18-10-9-17-23(24)28-26-22(16-11-19-25(26)29)27(20-12-5-3-6-13-20)21-14-7-4-8-15-21/h3-19H,1-2H3. The van der Waals surface area contributed by atoms with Gasteiger partial charge in [0.25, 0.3) is 0 Å². The number of para-hydroxylation sites is 4. The van der Waals surface area contributed by atoms with Crippen LogP contribution >= 0.6 is 0 Å². The number of fused-ring (bicyclic) bond motifs is 2. The molecule has 0 fully saturated rings. The summed E-state index contributed by atoms with van der Waals surface area (Å²) in [7, 11) is -1.86. The Bertz CT molecular complexity index is 1120. The smallest absolute Gasteiger partial charge is 0.151 e. The van der Waals surface area contributed by atoms with Crippen molar-refractivity contribution in [2.24, 2.45) is 0 Å². The monoisotopic (exact) mass is 393 g/mol. The SMILES string of the molecule is C[Si]1(C)c2ccccc2Oc2c(N(c3ccccc3)c3ccccc3)cccc21. The number of ether oxygens (including phenoxy) is 1. The van der Waals surface area contributed by atoms with Crippen LogP contribution in [0, 0.1) is 0 Å². The largest absolute Gasteiger partial charge is 0.455 e. The average Bonchev–Trinajstić information content (AvgIpc) is 2.76. The molecule has 0 saturated heterocycles. The van der Waals surface area contributed by atoms with E-state index in [2.05, 4.69) is 121 Å². The van der Waals surface area contributed by atoms with Crippen LogP contribution in [0.3, 0.4) is 0 Å². The first-order valence-corrected chi connectivity index (χ1v) is 13.0. The van der Waals surface area contributed by atoms with E-state index in [1.807, 2.05) is 0 Å². The number of benzene rings is 4. The van der Waals surface area contributed by atoms with Gasteiger partial charge in [-0.15, -0.1) is 0 Å². The molecule has 0 aliphatic carbocycles. The summed E-state index contributed by atoms with van der Waals surface area (Å²) in [6.07, 6.45) is 0. The van der Waals surface area contributed by atoms with Crippen molar-refractivity contribution in [3.05, 3.63) is 103 Å². The van der Waals surface area contributed by atoms with Crippen LogP contribution in [-0.4, -0.2) is 8.07 Å². The van der Waals surface area contributed by atoms with E-state index >= 15 is 0 Å². The Balaban J connectivity index is 1.75. The van der Waals surface area contributed by atoms with E-state index in [-0.39, 0.29) is 0 Å². The molecule has 142 valence electrons. The Morgan fingerprint density at radius 1 is 0.586 bits per heavy atom. The zero-order valence-electron chi connectivity index (χ0n) is 16.7. The van der Waals surface area contributed by atoms with Crippen molar-refractivity contribution in [1.29, 1.82) is 0 Å². The second kappa shape index (κ2) is 6.94. The van der Waals surface area contributed by atoms with Gasteiger partial charge in [0.15, 0.2) is 5.75 Å². The molecule has 4 aromatic rings. The second-order valence-corrected chi connectivity index (χ2v) is 12.2. The van der Waals surface area contributed by atoms with Crippen LogP contribution in [0.5, 0.6) is 11.5 Å². The molecule has 1 aliphatic rings. The molecule has 29 heavy (non-hydrogen) atoms. The van der Waals surface area contributed by atoms with Crippen LogP contribution in [0.1, 0.15) is 0 Å². The highest BCUT2D eigenvalue weighted by Gasteiger charge is 2.38. The van der Waals surface area contributed by atoms with Crippen LogP contribution < -0.4 is 20.0 Å². The average molecular weight is 394 g/mol. The van der Waals surface area contributed by atoms with Gasteiger partial charge in [0.1, 0.15) is 13.8 Å². The fourth-order valence-electron chi connectivity index (χ4n) is 4.21. The van der Waals surface area contributed by atoms with E-state index in [9.17, 15) is 0 Å². The van der Waals surface area contributed by atoms with E-state index < -0.39 is 8.07 Å². The first-order valence-electron chi connectivity index (χ1n) is 9.97. The Hall–Kier alpha value is -3.30. The Morgan fingerprint density at radius 2 is 1.14 bits per heavy atom. The molecule has 0 atom stereocenters. The zero-order chi connectivity index (χ0) is 19.8. The lowest BCUT2D eigenvalue weighted by Gasteiger charge is -2.36. The third kappa shape index (κ3) is 2.95. The molecule has 5 rings (SSSR count). The maximum absolute atomic E-state index is 6.56. The van der Waals surface area contributed by atoms with Gasteiger partial charge in [-0.05, 0) is 46.8 Å². The molecule has 0 amide bonds. The summed E-state index contributed by atoms with van der Waals surface area (Å²) in [6, 6.07) is 36.1. The normalized spacial score (nSPS) is 13.7. The third-order valence-corrected chi connectivity index (χ3v) is 9.21. The number of anilines is 3. The summed E-state index contributed by atoms with van der Waals surface area (Å²) in [4.78, 5) is 2.29.